The molecule has 1 aliphatic rings. The average Bonchev–Trinajstić information content (AvgIpc) is 2.91. The summed E-state index contributed by atoms with van der Waals surface area (Å²) >= 11 is -0.637. The molecule has 0 unspecified atom stereocenters. The van der Waals surface area contributed by atoms with Crippen LogP contribution in [0.15, 0.2) is 88.9 Å². The van der Waals surface area contributed by atoms with Crippen molar-refractivity contribution in [3.05, 3.63) is 84.7 Å². The maximum absolute atomic E-state index is 12.8. The van der Waals surface area contributed by atoms with E-state index in [0.717, 1.165) is 60.6 Å². The molecule has 1 saturated heterocycles. The highest BCUT2D eigenvalue weighted by Gasteiger charge is 2.19. The molecule has 0 bridgehead atoms. The normalized spacial score (nSPS) is 15.2. The van der Waals surface area contributed by atoms with Crippen LogP contribution < -0.4 is 5.32 Å². The topological polar surface area (TPSA) is 98.2 Å². The van der Waals surface area contributed by atoms with Gasteiger partial charge in [0.05, 0.1) is 15.3 Å². The van der Waals surface area contributed by atoms with Crippen molar-refractivity contribution in [3.8, 4) is 0 Å². The van der Waals surface area contributed by atoms with Gasteiger partial charge in [-0.1, -0.05) is 35.4 Å². The lowest BCUT2D eigenvalue weighted by molar-refractivity contribution is 0.292. The summed E-state index contributed by atoms with van der Waals surface area (Å²) in [6.45, 7) is 2.86. The first-order chi connectivity index (χ1) is 17.5. The molecule has 1 aromatic heterocycles. The summed E-state index contributed by atoms with van der Waals surface area (Å²) in [4.78, 5) is 11.8. The number of aryl methyl sites for hydroxylation is 1. The minimum atomic E-state index is -3.56. The maximum Gasteiger partial charge on any atom is 0.206 e. The highest BCUT2D eigenvalue weighted by molar-refractivity contribution is 7.91. The van der Waals surface area contributed by atoms with Crippen LogP contribution in [0.1, 0.15) is 12.0 Å². The Morgan fingerprint density at radius 3 is 2.39 bits per heavy atom. The van der Waals surface area contributed by atoms with Crippen molar-refractivity contribution in [1.82, 2.24) is 14.9 Å². The molecule has 0 spiro atoms. The van der Waals surface area contributed by atoms with E-state index in [4.69, 9.17) is 0 Å². The van der Waals surface area contributed by atoms with E-state index >= 15 is 0 Å². The summed E-state index contributed by atoms with van der Waals surface area (Å²) in [5.41, 5.74) is 2.83. The summed E-state index contributed by atoms with van der Waals surface area (Å²) in [6, 6.07) is 21.4. The lowest BCUT2D eigenvalue weighted by atomic mass is 10.1. The third kappa shape index (κ3) is 5.70. The minimum Gasteiger partial charge on any atom is -0.616 e. The van der Waals surface area contributed by atoms with Crippen LogP contribution >= 0.6 is 0 Å². The van der Waals surface area contributed by atoms with E-state index in [1.165, 1.54) is 11.9 Å². The van der Waals surface area contributed by atoms with Crippen LogP contribution in [0.5, 0.6) is 0 Å². The Labute approximate surface area is 214 Å². The highest BCUT2D eigenvalue weighted by atomic mass is 32.2. The second-order valence-electron chi connectivity index (χ2n) is 8.83. The Balaban J connectivity index is 1.25. The summed E-state index contributed by atoms with van der Waals surface area (Å²) < 4.78 is 37.2. The molecule has 0 saturated carbocycles. The van der Waals surface area contributed by atoms with Gasteiger partial charge in [0.1, 0.15) is 23.7 Å². The number of rotatable bonds is 8. The Kier molecular flexibility index (Phi) is 7.52. The van der Waals surface area contributed by atoms with Gasteiger partial charge in [-0.15, -0.1) is 0 Å². The second-order valence-corrected chi connectivity index (χ2v) is 12.5. The van der Waals surface area contributed by atoms with Crippen molar-refractivity contribution >= 4 is 43.4 Å². The third-order valence-corrected chi connectivity index (χ3v) is 9.45. The molecule has 1 fully saturated rings. The predicted octanol–water partition coefficient (Wildman–Crippen LogP) is 4.20. The number of hydrogen-bond donors (Lipinski definition) is 1. The first kappa shape index (κ1) is 24.7. The largest absolute Gasteiger partial charge is 0.616 e. The molecule has 3 aromatic carbocycles. The lowest BCUT2D eigenvalue weighted by Crippen LogP contribution is -2.40. The molecular formula is C27H28N4O3S2. The average molecular weight is 521 g/mol. The Morgan fingerprint density at radius 2 is 1.64 bits per heavy atom. The van der Waals surface area contributed by atoms with Crippen molar-refractivity contribution in [3.63, 3.8) is 0 Å². The number of hydrogen-bond acceptors (Lipinski definition) is 7. The van der Waals surface area contributed by atoms with Gasteiger partial charge in [-0.3, -0.25) is 4.90 Å². The number of nitrogens with zero attached hydrogens (tertiary/aromatic N) is 3. The van der Waals surface area contributed by atoms with E-state index < -0.39 is 21.0 Å². The zero-order chi connectivity index (χ0) is 25.0. The van der Waals surface area contributed by atoms with Gasteiger partial charge in [0.15, 0.2) is 0 Å². The summed E-state index contributed by atoms with van der Waals surface area (Å²) in [5, 5.41) is 4.20. The molecule has 36 heavy (non-hydrogen) atoms. The first-order valence-electron chi connectivity index (χ1n) is 12.0. The molecule has 0 radical (unpaired) electrons. The Hall–Kier alpha value is -2.98. The van der Waals surface area contributed by atoms with Crippen LogP contribution in [-0.2, 0) is 27.4 Å². The smallest absolute Gasteiger partial charge is 0.206 e. The summed E-state index contributed by atoms with van der Waals surface area (Å²) in [6.07, 6.45) is 3.54. The van der Waals surface area contributed by atoms with Crippen LogP contribution in [0.3, 0.4) is 0 Å². The Bertz CT molecular complexity index is 1420. The van der Waals surface area contributed by atoms with Crippen LogP contribution in [-0.4, -0.2) is 59.0 Å². The van der Waals surface area contributed by atoms with Gasteiger partial charge in [0.2, 0.25) is 9.84 Å². The second kappa shape index (κ2) is 11.0. The van der Waals surface area contributed by atoms with Crippen molar-refractivity contribution in [2.24, 2.45) is 0 Å². The van der Waals surface area contributed by atoms with Crippen molar-refractivity contribution < 1.29 is 13.0 Å². The van der Waals surface area contributed by atoms with Gasteiger partial charge in [-0.2, -0.15) is 0 Å². The summed E-state index contributed by atoms with van der Waals surface area (Å²) in [5.74, 6) is 2.24. The molecule has 0 atom stereocenters. The molecule has 4 aromatic rings. The number of nitrogens with one attached hydrogen (secondary N) is 1. The van der Waals surface area contributed by atoms with Gasteiger partial charge in [-0.25, -0.2) is 18.4 Å². The molecule has 0 amide bonds. The molecule has 186 valence electrons. The molecule has 1 aliphatic heterocycles. The zero-order valence-corrected chi connectivity index (χ0v) is 21.5. The SMILES string of the molecule is O=S(=O)(c1ccccc1)c1ccc(Nc2ncnc3cc(CCCN4CC[S+]([O-])CC4)ccc23)cc1. The van der Waals surface area contributed by atoms with Crippen LogP contribution in [0.25, 0.3) is 10.9 Å². The van der Waals surface area contributed by atoms with E-state index in [1.54, 1.807) is 54.6 Å². The van der Waals surface area contributed by atoms with Gasteiger partial charge >= 0.3 is 0 Å². The van der Waals surface area contributed by atoms with Crippen molar-refractivity contribution in [1.29, 1.82) is 0 Å². The maximum atomic E-state index is 12.8. The van der Waals surface area contributed by atoms with E-state index in [-0.39, 0.29) is 9.79 Å². The summed E-state index contributed by atoms with van der Waals surface area (Å²) in [7, 11) is -3.56. The number of fused-ring (bicyclic) bond motifs is 1. The fourth-order valence-corrected chi connectivity index (χ4v) is 6.76. The molecule has 2 heterocycles. The third-order valence-electron chi connectivity index (χ3n) is 6.39. The molecule has 0 aliphatic carbocycles. The predicted molar refractivity (Wildman–Crippen MR) is 144 cm³/mol. The van der Waals surface area contributed by atoms with Crippen molar-refractivity contribution in [2.75, 3.05) is 36.5 Å². The Morgan fingerprint density at radius 1 is 0.917 bits per heavy atom. The quantitative estimate of drug-likeness (QED) is 0.348. The number of anilines is 2. The molecule has 7 nitrogen and oxygen atoms in total. The van der Waals surface area contributed by atoms with Crippen LogP contribution in [0.2, 0.25) is 0 Å². The van der Waals surface area contributed by atoms with E-state index in [0.29, 0.717) is 5.82 Å². The van der Waals surface area contributed by atoms with Gasteiger partial charge < -0.3 is 9.87 Å². The lowest BCUT2D eigenvalue weighted by Gasteiger charge is -2.27. The van der Waals surface area contributed by atoms with Crippen LogP contribution in [0, 0.1) is 0 Å². The molecule has 9 heteroatoms. The monoisotopic (exact) mass is 520 g/mol. The number of sulfone groups is 1. The van der Waals surface area contributed by atoms with Crippen LogP contribution in [0.4, 0.5) is 11.5 Å². The zero-order valence-electron chi connectivity index (χ0n) is 19.8. The van der Waals surface area contributed by atoms with Gasteiger partial charge in [-0.05, 0) is 73.5 Å². The number of aromatic nitrogens is 2. The molecule has 5 rings (SSSR count). The molecule has 1 N–H and O–H groups in total. The van der Waals surface area contributed by atoms with E-state index in [1.807, 2.05) is 6.07 Å². The minimum absolute atomic E-state index is 0.245. The van der Waals surface area contributed by atoms with Gasteiger partial charge in [0, 0.05) is 24.2 Å². The standard InChI is InChI=1S/C27H28N4O3S2/c32-35-17-15-31(16-18-35)14-4-5-21-8-13-25-26(19-21)28-20-29-27(25)30-22-9-11-24(12-10-22)36(33,34)23-6-2-1-3-7-23/h1-3,6-13,19-20H,4-5,14-18H2,(H,28,29,30). The van der Waals surface area contributed by atoms with Gasteiger partial charge in [0.25, 0.3) is 0 Å². The molecular weight excluding hydrogens is 492 g/mol. The van der Waals surface area contributed by atoms with E-state index in [2.05, 4.69) is 32.3 Å². The highest BCUT2D eigenvalue weighted by Crippen LogP contribution is 2.26. The fraction of sp³-hybridized carbons (Fsp3) is 0.259. The first-order valence-corrected chi connectivity index (χ1v) is 14.9. The fourth-order valence-electron chi connectivity index (χ4n) is 4.35. The van der Waals surface area contributed by atoms with E-state index in [9.17, 15) is 13.0 Å². The van der Waals surface area contributed by atoms with Crippen molar-refractivity contribution in [2.45, 2.75) is 22.6 Å². The number of benzene rings is 3.